The molecule has 6 heteroatoms. The second-order valence-corrected chi connectivity index (χ2v) is 5.66. The number of amides is 2. The molecule has 0 radical (unpaired) electrons. The van der Waals surface area contributed by atoms with Crippen LogP contribution in [0.5, 0.6) is 0 Å². The lowest BCUT2D eigenvalue weighted by molar-refractivity contribution is -0.128. The summed E-state index contributed by atoms with van der Waals surface area (Å²) in [5.41, 5.74) is 6.65. The van der Waals surface area contributed by atoms with Gasteiger partial charge < -0.3 is 16.4 Å². The van der Waals surface area contributed by atoms with E-state index in [1.807, 2.05) is 32.9 Å². The van der Waals surface area contributed by atoms with E-state index in [0.717, 1.165) is 5.56 Å². The van der Waals surface area contributed by atoms with Crippen molar-refractivity contribution in [3.8, 4) is 0 Å². The fourth-order valence-electron chi connectivity index (χ4n) is 1.51. The molecule has 21 heavy (non-hydrogen) atoms. The van der Waals surface area contributed by atoms with Crippen LogP contribution in [0.15, 0.2) is 24.3 Å². The van der Waals surface area contributed by atoms with Crippen molar-refractivity contribution >= 4 is 24.2 Å². The molecule has 0 heterocycles. The van der Waals surface area contributed by atoms with Crippen molar-refractivity contribution in [3.05, 3.63) is 35.4 Å². The fraction of sp³-hybridized carbons (Fsp3) is 0.467. The van der Waals surface area contributed by atoms with E-state index < -0.39 is 5.41 Å². The van der Waals surface area contributed by atoms with E-state index in [4.69, 9.17) is 5.73 Å². The van der Waals surface area contributed by atoms with E-state index in [-0.39, 0.29) is 24.2 Å². The van der Waals surface area contributed by atoms with Crippen LogP contribution >= 0.6 is 12.4 Å². The zero-order valence-corrected chi connectivity index (χ0v) is 13.5. The Bertz CT molecular complexity index is 467. The van der Waals surface area contributed by atoms with Gasteiger partial charge in [0.1, 0.15) is 0 Å². The average molecular weight is 314 g/mol. The molecule has 4 N–H and O–H groups in total. The predicted molar refractivity (Wildman–Crippen MR) is 86.4 cm³/mol. The molecule has 0 unspecified atom stereocenters. The van der Waals surface area contributed by atoms with Crippen LogP contribution in [0.3, 0.4) is 0 Å². The monoisotopic (exact) mass is 313 g/mol. The minimum Gasteiger partial charge on any atom is -0.354 e. The molecule has 1 aromatic carbocycles. The summed E-state index contributed by atoms with van der Waals surface area (Å²) < 4.78 is 0. The van der Waals surface area contributed by atoms with E-state index in [1.54, 1.807) is 12.1 Å². The van der Waals surface area contributed by atoms with Gasteiger partial charge in [0, 0.05) is 30.6 Å². The quantitative estimate of drug-likeness (QED) is 0.720. The second kappa shape index (κ2) is 8.64. The molecule has 1 rings (SSSR count). The normalized spacial score (nSPS) is 10.5. The molecule has 0 aliphatic carbocycles. The molecule has 118 valence electrons. The van der Waals surface area contributed by atoms with Crippen LogP contribution in [0, 0.1) is 5.41 Å². The standard InChI is InChI=1S/C15H23N3O2.ClH/c1-15(2,3)14(20)18-9-8-17-13(19)12-6-4-11(10-16)5-7-12;/h4-7H,8-10,16H2,1-3H3,(H,17,19)(H,18,20);1H. The van der Waals surface area contributed by atoms with Gasteiger partial charge in [0.05, 0.1) is 0 Å². The maximum Gasteiger partial charge on any atom is 0.251 e. The smallest absolute Gasteiger partial charge is 0.251 e. The average Bonchev–Trinajstić information content (AvgIpc) is 2.42. The molecule has 0 bridgehead atoms. The number of nitrogens with two attached hydrogens (primary N) is 1. The summed E-state index contributed by atoms with van der Waals surface area (Å²) >= 11 is 0. The number of carbonyl (C=O) groups excluding carboxylic acids is 2. The molecule has 0 spiro atoms. The van der Waals surface area contributed by atoms with Gasteiger partial charge in [-0.1, -0.05) is 32.9 Å². The Morgan fingerprint density at radius 1 is 1.05 bits per heavy atom. The Labute approximate surface area is 132 Å². The first kappa shape index (κ1) is 19.4. The summed E-state index contributed by atoms with van der Waals surface area (Å²) in [5.74, 6) is -0.183. The second-order valence-electron chi connectivity index (χ2n) is 5.66. The number of hydrogen-bond donors (Lipinski definition) is 3. The van der Waals surface area contributed by atoms with E-state index in [1.165, 1.54) is 0 Å². The summed E-state index contributed by atoms with van der Waals surface area (Å²) in [6.45, 7) is 6.82. The number of nitrogens with one attached hydrogen (secondary N) is 2. The maximum absolute atomic E-state index is 11.8. The molecule has 0 saturated heterocycles. The number of carbonyl (C=O) groups is 2. The van der Waals surface area contributed by atoms with Crippen LogP contribution in [0.2, 0.25) is 0 Å². The Morgan fingerprint density at radius 2 is 1.57 bits per heavy atom. The minimum absolute atomic E-state index is 0. The van der Waals surface area contributed by atoms with Gasteiger partial charge in [-0.3, -0.25) is 9.59 Å². The highest BCUT2D eigenvalue weighted by Gasteiger charge is 2.20. The van der Waals surface area contributed by atoms with Gasteiger partial charge in [-0.2, -0.15) is 0 Å². The lowest BCUT2D eigenvalue weighted by Crippen LogP contribution is -2.39. The zero-order valence-electron chi connectivity index (χ0n) is 12.7. The lowest BCUT2D eigenvalue weighted by atomic mass is 9.96. The van der Waals surface area contributed by atoms with Gasteiger partial charge in [-0.15, -0.1) is 12.4 Å². The van der Waals surface area contributed by atoms with Crippen LogP contribution in [-0.2, 0) is 11.3 Å². The molecule has 0 aliphatic rings. The van der Waals surface area contributed by atoms with Gasteiger partial charge >= 0.3 is 0 Å². The summed E-state index contributed by atoms with van der Waals surface area (Å²) in [6.07, 6.45) is 0. The molecule has 1 aromatic rings. The van der Waals surface area contributed by atoms with E-state index in [2.05, 4.69) is 10.6 Å². The Morgan fingerprint density at radius 3 is 2.05 bits per heavy atom. The number of rotatable bonds is 5. The SMILES string of the molecule is CC(C)(C)C(=O)NCCNC(=O)c1ccc(CN)cc1.Cl. The Kier molecular flexibility index (Phi) is 7.99. The summed E-state index contributed by atoms with van der Waals surface area (Å²) in [5, 5.41) is 5.54. The third kappa shape index (κ3) is 6.60. The summed E-state index contributed by atoms with van der Waals surface area (Å²) in [7, 11) is 0. The van der Waals surface area contributed by atoms with Crippen molar-refractivity contribution < 1.29 is 9.59 Å². The molecule has 0 fully saturated rings. The fourth-order valence-corrected chi connectivity index (χ4v) is 1.51. The molecule has 0 aliphatic heterocycles. The van der Waals surface area contributed by atoms with Crippen molar-refractivity contribution in [3.63, 3.8) is 0 Å². The van der Waals surface area contributed by atoms with E-state index >= 15 is 0 Å². The highest BCUT2D eigenvalue weighted by molar-refractivity contribution is 5.94. The van der Waals surface area contributed by atoms with Crippen molar-refractivity contribution in [2.75, 3.05) is 13.1 Å². The third-order valence-electron chi connectivity index (χ3n) is 2.83. The van der Waals surface area contributed by atoms with Crippen LogP contribution in [0.4, 0.5) is 0 Å². The molecule has 2 amide bonds. The van der Waals surface area contributed by atoms with Crippen LogP contribution < -0.4 is 16.4 Å². The molecule has 0 aromatic heterocycles. The molecular weight excluding hydrogens is 290 g/mol. The highest BCUT2D eigenvalue weighted by Crippen LogP contribution is 2.11. The summed E-state index contributed by atoms with van der Waals surface area (Å²) in [6, 6.07) is 7.14. The summed E-state index contributed by atoms with van der Waals surface area (Å²) in [4.78, 5) is 23.4. The van der Waals surface area contributed by atoms with Gasteiger partial charge in [0.2, 0.25) is 5.91 Å². The number of hydrogen-bond acceptors (Lipinski definition) is 3. The zero-order chi connectivity index (χ0) is 15.2. The Balaban J connectivity index is 0.00000400. The first-order valence-electron chi connectivity index (χ1n) is 6.70. The van der Waals surface area contributed by atoms with Gasteiger partial charge in [-0.25, -0.2) is 0 Å². The molecule has 0 saturated carbocycles. The molecule has 0 atom stereocenters. The van der Waals surface area contributed by atoms with E-state index in [0.29, 0.717) is 25.2 Å². The molecule has 5 nitrogen and oxygen atoms in total. The lowest BCUT2D eigenvalue weighted by Gasteiger charge is -2.17. The van der Waals surface area contributed by atoms with Crippen molar-refractivity contribution in [1.29, 1.82) is 0 Å². The van der Waals surface area contributed by atoms with Crippen LogP contribution in [-0.4, -0.2) is 24.9 Å². The Hall–Kier alpha value is -1.59. The number of halogens is 1. The van der Waals surface area contributed by atoms with Crippen LogP contribution in [0.1, 0.15) is 36.7 Å². The first-order valence-corrected chi connectivity index (χ1v) is 6.70. The largest absolute Gasteiger partial charge is 0.354 e. The molecular formula is C15H24ClN3O2. The van der Waals surface area contributed by atoms with Crippen molar-refractivity contribution in [1.82, 2.24) is 10.6 Å². The first-order chi connectivity index (χ1) is 9.34. The van der Waals surface area contributed by atoms with Gasteiger partial charge in [0.15, 0.2) is 0 Å². The van der Waals surface area contributed by atoms with Crippen molar-refractivity contribution in [2.45, 2.75) is 27.3 Å². The number of benzene rings is 1. The third-order valence-corrected chi connectivity index (χ3v) is 2.83. The topological polar surface area (TPSA) is 84.2 Å². The van der Waals surface area contributed by atoms with Crippen molar-refractivity contribution in [2.24, 2.45) is 11.1 Å². The van der Waals surface area contributed by atoms with Gasteiger partial charge in [-0.05, 0) is 17.7 Å². The van der Waals surface area contributed by atoms with Gasteiger partial charge in [0.25, 0.3) is 5.91 Å². The van der Waals surface area contributed by atoms with Crippen LogP contribution in [0.25, 0.3) is 0 Å². The predicted octanol–water partition coefficient (Wildman–Crippen LogP) is 1.46. The highest BCUT2D eigenvalue weighted by atomic mass is 35.5. The maximum atomic E-state index is 11.8. The van der Waals surface area contributed by atoms with E-state index in [9.17, 15) is 9.59 Å². The minimum atomic E-state index is -0.415.